The maximum atomic E-state index is 12.8. The zero-order chi connectivity index (χ0) is 17.4. The van der Waals surface area contributed by atoms with Crippen molar-refractivity contribution in [2.45, 2.75) is 12.3 Å². The second-order valence-electron chi connectivity index (χ2n) is 5.42. The van der Waals surface area contributed by atoms with Crippen LogP contribution in [0.5, 0.6) is 0 Å². The molecule has 0 atom stereocenters. The number of thioether (sulfide) groups is 1. The van der Waals surface area contributed by atoms with Gasteiger partial charge in [0, 0.05) is 24.4 Å². The summed E-state index contributed by atoms with van der Waals surface area (Å²) in [6, 6.07) is 17.2. The van der Waals surface area contributed by atoms with Gasteiger partial charge in [-0.25, -0.2) is 0 Å². The molecule has 3 nitrogen and oxygen atoms in total. The molecule has 0 aliphatic carbocycles. The molecule has 0 spiro atoms. The fourth-order valence-electron chi connectivity index (χ4n) is 2.43. The van der Waals surface area contributed by atoms with Gasteiger partial charge in [-0.2, -0.15) is 17.0 Å². The molecule has 0 unspecified atom stereocenters. The molecular weight excluding hydrogens is 316 g/mol. The molecule has 2 aromatic carbocycles. The number of carbonyl (C=O) groups excluding carboxylic acids is 1. The average Bonchev–Trinajstić information content (AvgIpc) is 2.62. The van der Waals surface area contributed by atoms with Crippen molar-refractivity contribution in [3.8, 4) is 6.07 Å². The van der Waals surface area contributed by atoms with Crippen molar-refractivity contribution in [3.63, 3.8) is 0 Å². The molecule has 0 saturated heterocycles. The molecule has 0 bridgehead atoms. The second kappa shape index (κ2) is 8.95. The summed E-state index contributed by atoms with van der Waals surface area (Å²) in [5, 5.41) is 9.01. The van der Waals surface area contributed by atoms with E-state index in [-0.39, 0.29) is 5.91 Å². The topological polar surface area (TPSA) is 44.1 Å². The predicted molar refractivity (Wildman–Crippen MR) is 99.8 cm³/mol. The molecule has 0 heterocycles. The number of nitriles is 1. The van der Waals surface area contributed by atoms with Gasteiger partial charge in [0.05, 0.1) is 11.6 Å². The molecular formula is C20H20N2OS. The van der Waals surface area contributed by atoms with Gasteiger partial charge in [-0.3, -0.25) is 4.79 Å². The summed E-state index contributed by atoms with van der Waals surface area (Å²) in [6.07, 6.45) is 3.77. The summed E-state index contributed by atoms with van der Waals surface area (Å²) in [4.78, 5) is 14.5. The third-order valence-electron chi connectivity index (χ3n) is 3.58. The normalized spacial score (nSPS) is 10.0. The van der Waals surface area contributed by atoms with Gasteiger partial charge in [0.1, 0.15) is 0 Å². The molecule has 0 aliphatic rings. The summed E-state index contributed by atoms with van der Waals surface area (Å²) < 4.78 is 0. The van der Waals surface area contributed by atoms with Gasteiger partial charge in [-0.15, -0.1) is 6.58 Å². The fourth-order valence-corrected chi connectivity index (χ4v) is 2.95. The van der Waals surface area contributed by atoms with E-state index >= 15 is 0 Å². The Morgan fingerprint density at radius 3 is 2.62 bits per heavy atom. The monoisotopic (exact) mass is 336 g/mol. The first kappa shape index (κ1) is 17.8. The molecule has 0 fully saturated rings. The van der Waals surface area contributed by atoms with E-state index in [4.69, 9.17) is 5.26 Å². The lowest BCUT2D eigenvalue weighted by Crippen LogP contribution is -2.30. The lowest BCUT2D eigenvalue weighted by molar-refractivity contribution is 0.0762. The van der Waals surface area contributed by atoms with Crippen LogP contribution in [0, 0.1) is 11.3 Å². The number of nitrogens with zero attached hydrogens (tertiary/aromatic N) is 2. The van der Waals surface area contributed by atoms with E-state index in [1.54, 1.807) is 28.8 Å². The third-order valence-corrected chi connectivity index (χ3v) is 4.20. The van der Waals surface area contributed by atoms with Crippen LogP contribution >= 0.6 is 11.8 Å². The van der Waals surface area contributed by atoms with E-state index < -0.39 is 0 Å². The Morgan fingerprint density at radius 2 is 2.00 bits per heavy atom. The summed E-state index contributed by atoms with van der Waals surface area (Å²) in [5.41, 5.74) is 3.40. The molecule has 2 rings (SSSR count). The first-order valence-corrected chi connectivity index (χ1v) is 9.04. The van der Waals surface area contributed by atoms with Crippen LogP contribution in [0.2, 0.25) is 0 Å². The Balaban J connectivity index is 2.17. The highest BCUT2D eigenvalue weighted by Crippen LogP contribution is 2.14. The number of hydrogen-bond acceptors (Lipinski definition) is 3. The number of hydrogen-bond donors (Lipinski definition) is 0. The van der Waals surface area contributed by atoms with Crippen molar-refractivity contribution in [3.05, 3.63) is 83.4 Å². The SMILES string of the molecule is C=CCN(Cc1cccc(C#N)c1)C(=O)c1ccc(CSC)cc1. The van der Waals surface area contributed by atoms with Gasteiger partial charge < -0.3 is 4.90 Å². The van der Waals surface area contributed by atoms with Crippen LogP contribution in [0.1, 0.15) is 27.0 Å². The largest absolute Gasteiger partial charge is 0.331 e. The van der Waals surface area contributed by atoms with Crippen LogP contribution in [0.3, 0.4) is 0 Å². The Kier molecular flexibility index (Phi) is 6.65. The van der Waals surface area contributed by atoms with Crippen molar-refractivity contribution in [2.24, 2.45) is 0 Å². The van der Waals surface area contributed by atoms with Gasteiger partial charge >= 0.3 is 0 Å². The smallest absolute Gasteiger partial charge is 0.254 e. The van der Waals surface area contributed by atoms with Gasteiger partial charge in [-0.1, -0.05) is 30.3 Å². The molecule has 4 heteroatoms. The minimum absolute atomic E-state index is 0.0343. The standard InChI is InChI=1S/C20H20N2OS/c1-3-11-22(14-18-6-4-5-17(12-18)13-21)20(23)19-9-7-16(8-10-19)15-24-2/h3-10,12H,1,11,14-15H2,2H3. The van der Waals surface area contributed by atoms with Crippen LogP contribution in [0.25, 0.3) is 0 Å². The molecule has 1 amide bonds. The Labute approximate surface area is 147 Å². The summed E-state index contributed by atoms with van der Waals surface area (Å²) in [6.45, 7) is 4.65. The van der Waals surface area contributed by atoms with E-state index in [0.29, 0.717) is 24.2 Å². The van der Waals surface area contributed by atoms with Gasteiger partial charge in [-0.05, 0) is 41.6 Å². The highest BCUT2D eigenvalue weighted by Gasteiger charge is 2.15. The van der Waals surface area contributed by atoms with Crippen molar-refractivity contribution < 1.29 is 4.79 Å². The average molecular weight is 336 g/mol. The fraction of sp³-hybridized carbons (Fsp3) is 0.200. The highest BCUT2D eigenvalue weighted by molar-refractivity contribution is 7.97. The second-order valence-corrected chi connectivity index (χ2v) is 6.28. The first-order chi connectivity index (χ1) is 11.7. The first-order valence-electron chi connectivity index (χ1n) is 7.65. The zero-order valence-corrected chi connectivity index (χ0v) is 14.6. The van der Waals surface area contributed by atoms with Gasteiger partial charge in [0.2, 0.25) is 0 Å². The minimum atomic E-state index is -0.0343. The lowest BCUT2D eigenvalue weighted by atomic mass is 10.1. The van der Waals surface area contributed by atoms with Crippen LogP contribution in [-0.4, -0.2) is 23.6 Å². The molecule has 122 valence electrons. The van der Waals surface area contributed by atoms with Crippen LogP contribution < -0.4 is 0 Å². The Hall–Kier alpha value is -2.51. The van der Waals surface area contributed by atoms with E-state index in [9.17, 15) is 4.79 Å². The van der Waals surface area contributed by atoms with Crippen LogP contribution in [0.4, 0.5) is 0 Å². The zero-order valence-electron chi connectivity index (χ0n) is 13.7. The molecule has 24 heavy (non-hydrogen) atoms. The Morgan fingerprint density at radius 1 is 1.25 bits per heavy atom. The van der Waals surface area contributed by atoms with Crippen LogP contribution in [0.15, 0.2) is 61.2 Å². The third kappa shape index (κ3) is 4.74. The number of carbonyl (C=O) groups is 1. The maximum absolute atomic E-state index is 12.8. The minimum Gasteiger partial charge on any atom is -0.331 e. The van der Waals surface area contributed by atoms with E-state index in [2.05, 4.69) is 18.9 Å². The van der Waals surface area contributed by atoms with E-state index in [1.807, 2.05) is 42.5 Å². The number of amides is 1. The molecule has 0 N–H and O–H groups in total. The lowest BCUT2D eigenvalue weighted by Gasteiger charge is -2.21. The molecule has 0 aliphatic heterocycles. The van der Waals surface area contributed by atoms with Crippen molar-refractivity contribution in [1.29, 1.82) is 5.26 Å². The Bertz CT molecular complexity index is 747. The van der Waals surface area contributed by atoms with E-state index in [0.717, 1.165) is 11.3 Å². The van der Waals surface area contributed by atoms with Crippen molar-refractivity contribution in [2.75, 3.05) is 12.8 Å². The van der Waals surface area contributed by atoms with E-state index in [1.165, 1.54) is 5.56 Å². The summed E-state index contributed by atoms with van der Waals surface area (Å²) in [5.74, 6) is 0.902. The quantitative estimate of drug-likeness (QED) is 0.710. The van der Waals surface area contributed by atoms with Crippen molar-refractivity contribution >= 4 is 17.7 Å². The summed E-state index contributed by atoms with van der Waals surface area (Å²) >= 11 is 1.75. The molecule has 0 radical (unpaired) electrons. The van der Waals surface area contributed by atoms with Crippen LogP contribution in [-0.2, 0) is 12.3 Å². The van der Waals surface area contributed by atoms with Gasteiger partial charge in [0.25, 0.3) is 5.91 Å². The number of rotatable bonds is 7. The highest BCUT2D eigenvalue weighted by atomic mass is 32.2. The maximum Gasteiger partial charge on any atom is 0.254 e. The predicted octanol–water partition coefficient (Wildman–Crippen LogP) is 4.25. The molecule has 0 aromatic heterocycles. The molecule has 0 saturated carbocycles. The van der Waals surface area contributed by atoms with Gasteiger partial charge in [0.15, 0.2) is 0 Å². The number of benzene rings is 2. The summed E-state index contributed by atoms with van der Waals surface area (Å²) in [7, 11) is 0. The van der Waals surface area contributed by atoms with Crippen molar-refractivity contribution in [1.82, 2.24) is 4.90 Å². The molecule has 2 aromatic rings.